The molecule has 0 aliphatic carbocycles. The zero-order valence-corrected chi connectivity index (χ0v) is 11.1. The van der Waals surface area contributed by atoms with E-state index in [-0.39, 0.29) is 5.75 Å². The molecule has 0 heterocycles. The van der Waals surface area contributed by atoms with Crippen LogP contribution in [0.3, 0.4) is 0 Å². The van der Waals surface area contributed by atoms with E-state index < -0.39 is 13.9 Å². The van der Waals surface area contributed by atoms with Gasteiger partial charge in [-0.25, -0.2) is 0 Å². The van der Waals surface area contributed by atoms with Gasteiger partial charge >= 0.3 is 0 Å². The van der Waals surface area contributed by atoms with Crippen LogP contribution >= 0.6 is 0 Å². The maximum Gasteiger partial charge on any atom is 0.186 e. The summed E-state index contributed by atoms with van der Waals surface area (Å²) in [5, 5.41) is 19.0. The van der Waals surface area contributed by atoms with Gasteiger partial charge in [-0.3, -0.25) is 0 Å². The topological polar surface area (TPSA) is 53.2 Å². The number of phenolic OH excluding ortho intramolecular Hbond substituents is 1. The molecule has 0 radical (unpaired) electrons. The third-order valence-electron chi connectivity index (χ3n) is 2.14. The molecule has 0 saturated heterocycles. The molecule has 0 aromatic heterocycles. The van der Waals surface area contributed by atoms with Crippen LogP contribution in [0.4, 0.5) is 0 Å². The molecule has 1 aromatic carbocycles. The molecule has 1 rings (SSSR count). The number of aromatic hydroxyl groups is 1. The van der Waals surface area contributed by atoms with E-state index in [0.717, 1.165) is 0 Å². The number of hydrogen-bond donors (Lipinski definition) is 1. The summed E-state index contributed by atoms with van der Waals surface area (Å²) in [5.74, 6) is 0.102. The minimum atomic E-state index is -1.85. The number of hydrogen-bond acceptors (Lipinski definition) is 3. The molecule has 0 aliphatic heterocycles. The van der Waals surface area contributed by atoms with Gasteiger partial charge in [0.25, 0.3) is 0 Å². The Balaban J connectivity index is 3.17. The second-order valence-corrected chi connectivity index (χ2v) is 9.31. The highest BCUT2D eigenvalue weighted by Crippen LogP contribution is 2.33. The van der Waals surface area contributed by atoms with E-state index in [2.05, 4.69) is 6.07 Å². The number of benzene rings is 1. The normalized spacial score (nSPS) is 15.2. The van der Waals surface area contributed by atoms with E-state index in [1.54, 1.807) is 31.2 Å². The van der Waals surface area contributed by atoms with Gasteiger partial charge in [-0.15, -0.1) is 0 Å². The molecule has 1 atom stereocenters. The van der Waals surface area contributed by atoms with Crippen molar-refractivity contribution >= 4 is 8.32 Å². The molecule has 1 N–H and O–H groups in total. The molecule has 0 saturated carbocycles. The highest BCUT2D eigenvalue weighted by atomic mass is 28.4. The molecule has 1 aromatic rings. The molecular formula is C12H17NO2Si. The van der Waals surface area contributed by atoms with Crippen molar-refractivity contribution in [2.45, 2.75) is 32.2 Å². The SMILES string of the molecule is CC(C#N)(O[Si](C)(C)C)c1ccccc1O. The lowest BCUT2D eigenvalue weighted by Gasteiger charge is -2.31. The lowest BCUT2D eigenvalue weighted by molar-refractivity contribution is 0.137. The number of para-hydroxylation sites is 1. The summed E-state index contributed by atoms with van der Waals surface area (Å²) in [7, 11) is -1.85. The molecule has 0 spiro atoms. The van der Waals surface area contributed by atoms with Gasteiger partial charge in [-0.2, -0.15) is 5.26 Å². The molecule has 1 unspecified atom stereocenters. The van der Waals surface area contributed by atoms with Crippen LogP contribution in [0.5, 0.6) is 5.75 Å². The summed E-state index contributed by atoms with van der Waals surface area (Å²) >= 11 is 0. The van der Waals surface area contributed by atoms with Crippen molar-refractivity contribution in [3.05, 3.63) is 29.8 Å². The van der Waals surface area contributed by atoms with Crippen LogP contribution in [0.1, 0.15) is 12.5 Å². The zero-order valence-electron chi connectivity index (χ0n) is 10.1. The lowest BCUT2D eigenvalue weighted by Crippen LogP contribution is -2.37. The average molecular weight is 235 g/mol. The van der Waals surface area contributed by atoms with Crippen LogP contribution in [0, 0.1) is 11.3 Å². The van der Waals surface area contributed by atoms with Crippen molar-refractivity contribution in [2.75, 3.05) is 0 Å². The van der Waals surface area contributed by atoms with Crippen molar-refractivity contribution in [2.24, 2.45) is 0 Å². The van der Waals surface area contributed by atoms with E-state index in [1.807, 2.05) is 19.6 Å². The largest absolute Gasteiger partial charge is 0.508 e. The van der Waals surface area contributed by atoms with Crippen molar-refractivity contribution in [1.82, 2.24) is 0 Å². The summed E-state index contributed by atoms with van der Waals surface area (Å²) in [5.41, 5.74) is -0.546. The summed E-state index contributed by atoms with van der Waals surface area (Å²) in [6.45, 7) is 7.74. The fraction of sp³-hybridized carbons (Fsp3) is 0.417. The maximum atomic E-state index is 9.76. The maximum absolute atomic E-state index is 9.76. The first kappa shape index (κ1) is 12.8. The molecule has 0 aliphatic rings. The predicted molar refractivity (Wildman–Crippen MR) is 65.5 cm³/mol. The van der Waals surface area contributed by atoms with E-state index >= 15 is 0 Å². The van der Waals surface area contributed by atoms with Gasteiger partial charge in [0, 0.05) is 5.56 Å². The fourth-order valence-corrected chi connectivity index (χ4v) is 3.01. The van der Waals surface area contributed by atoms with E-state index in [1.165, 1.54) is 0 Å². The minimum absolute atomic E-state index is 0.102. The Morgan fingerprint density at radius 1 is 1.31 bits per heavy atom. The Labute approximate surface area is 97.4 Å². The predicted octanol–water partition coefficient (Wildman–Crippen LogP) is 2.98. The van der Waals surface area contributed by atoms with Gasteiger partial charge < -0.3 is 9.53 Å². The van der Waals surface area contributed by atoms with Crippen molar-refractivity contribution in [3.63, 3.8) is 0 Å². The van der Waals surface area contributed by atoms with Crippen molar-refractivity contribution in [3.8, 4) is 11.8 Å². The lowest BCUT2D eigenvalue weighted by atomic mass is 9.97. The van der Waals surface area contributed by atoms with Gasteiger partial charge in [0.2, 0.25) is 0 Å². The van der Waals surface area contributed by atoms with Gasteiger partial charge in [0.05, 0.1) is 0 Å². The van der Waals surface area contributed by atoms with Crippen LogP contribution < -0.4 is 0 Å². The molecule has 0 amide bonds. The van der Waals surface area contributed by atoms with Gasteiger partial charge in [0.1, 0.15) is 11.8 Å². The Bertz CT molecular complexity index is 420. The number of rotatable bonds is 3. The molecule has 0 bridgehead atoms. The third-order valence-corrected chi connectivity index (χ3v) is 3.16. The van der Waals surface area contributed by atoms with Gasteiger partial charge in [-0.05, 0) is 32.6 Å². The first-order valence-corrected chi connectivity index (χ1v) is 8.59. The van der Waals surface area contributed by atoms with Crippen LogP contribution in [0.25, 0.3) is 0 Å². The first-order valence-electron chi connectivity index (χ1n) is 5.18. The van der Waals surface area contributed by atoms with Crippen LogP contribution in [0.2, 0.25) is 19.6 Å². The third kappa shape index (κ3) is 2.84. The highest BCUT2D eigenvalue weighted by molar-refractivity contribution is 6.69. The minimum Gasteiger partial charge on any atom is -0.508 e. The molecule has 3 nitrogen and oxygen atoms in total. The molecule has 0 fully saturated rings. The van der Waals surface area contributed by atoms with Crippen LogP contribution in [-0.2, 0) is 10.0 Å². The van der Waals surface area contributed by atoms with E-state index in [0.29, 0.717) is 5.56 Å². The average Bonchev–Trinajstić information content (AvgIpc) is 2.15. The number of phenols is 1. The first-order chi connectivity index (χ1) is 7.28. The standard InChI is InChI=1S/C12H17NO2Si/c1-12(9-13,15-16(2,3)4)10-7-5-6-8-11(10)14/h5-8,14H,1-4H3. The van der Waals surface area contributed by atoms with Crippen LogP contribution in [-0.4, -0.2) is 13.4 Å². The quantitative estimate of drug-likeness (QED) is 0.819. The Morgan fingerprint density at radius 2 is 1.88 bits per heavy atom. The number of nitrogens with zero attached hydrogens (tertiary/aromatic N) is 1. The second kappa shape index (κ2) is 4.28. The van der Waals surface area contributed by atoms with Gasteiger partial charge in [-0.1, -0.05) is 18.2 Å². The Morgan fingerprint density at radius 3 is 2.31 bits per heavy atom. The van der Waals surface area contributed by atoms with Crippen LogP contribution in [0.15, 0.2) is 24.3 Å². The van der Waals surface area contributed by atoms with Crippen molar-refractivity contribution < 1.29 is 9.53 Å². The fourth-order valence-electron chi connectivity index (χ4n) is 1.63. The van der Waals surface area contributed by atoms with E-state index in [4.69, 9.17) is 4.43 Å². The summed E-state index contributed by atoms with van der Waals surface area (Å²) in [6, 6.07) is 8.95. The Hall–Kier alpha value is -1.31. The molecule has 86 valence electrons. The Kier molecular flexibility index (Phi) is 3.41. The highest BCUT2D eigenvalue weighted by Gasteiger charge is 2.35. The number of nitriles is 1. The monoisotopic (exact) mass is 235 g/mol. The smallest absolute Gasteiger partial charge is 0.186 e. The summed E-state index contributed by atoms with van der Waals surface area (Å²) in [6.07, 6.45) is 0. The van der Waals surface area contributed by atoms with E-state index in [9.17, 15) is 10.4 Å². The molecule has 4 heteroatoms. The zero-order chi connectivity index (χ0) is 12.4. The molecule has 16 heavy (non-hydrogen) atoms. The van der Waals surface area contributed by atoms with Gasteiger partial charge in [0.15, 0.2) is 13.9 Å². The summed E-state index contributed by atoms with van der Waals surface area (Å²) in [4.78, 5) is 0. The van der Waals surface area contributed by atoms with Crippen molar-refractivity contribution in [1.29, 1.82) is 5.26 Å². The second-order valence-electron chi connectivity index (χ2n) is 4.88. The molecular weight excluding hydrogens is 218 g/mol. The summed E-state index contributed by atoms with van der Waals surface area (Å²) < 4.78 is 5.86.